The molecule has 0 aromatic heterocycles. The zero-order valence-electron chi connectivity index (χ0n) is 16.7. The molecule has 2 aromatic rings. The van der Waals surface area contributed by atoms with E-state index >= 15 is 0 Å². The maximum absolute atomic E-state index is 12.4. The molecule has 30 heavy (non-hydrogen) atoms. The van der Waals surface area contributed by atoms with E-state index in [9.17, 15) is 19.7 Å². The number of non-ortho nitro benzene ring substituents is 1. The van der Waals surface area contributed by atoms with Crippen LogP contribution >= 0.6 is 0 Å². The van der Waals surface area contributed by atoms with Crippen LogP contribution in [0.5, 0.6) is 23.0 Å². The number of nitrogens with zero attached hydrogens (tertiary/aromatic N) is 1. The normalized spacial score (nSPS) is 10.0. The summed E-state index contributed by atoms with van der Waals surface area (Å²) < 4.78 is 25.7. The van der Waals surface area contributed by atoms with Gasteiger partial charge in [0.2, 0.25) is 5.75 Å². The van der Waals surface area contributed by atoms with E-state index in [4.69, 9.17) is 23.7 Å². The Labute approximate surface area is 171 Å². The summed E-state index contributed by atoms with van der Waals surface area (Å²) in [6.45, 7) is -0.651. The summed E-state index contributed by atoms with van der Waals surface area (Å²) in [7, 11) is 5.51. The number of hydrogen-bond acceptors (Lipinski definition) is 9. The van der Waals surface area contributed by atoms with Gasteiger partial charge >= 0.3 is 5.97 Å². The molecular formula is C19H20N2O9. The number of ether oxygens (including phenoxy) is 5. The third-order valence-electron chi connectivity index (χ3n) is 3.93. The molecule has 0 saturated carbocycles. The van der Waals surface area contributed by atoms with Crippen molar-refractivity contribution >= 4 is 23.3 Å². The smallest absolute Gasteiger partial charge is 0.342 e. The summed E-state index contributed by atoms with van der Waals surface area (Å²) in [4.78, 5) is 34.9. The van der Waals surface area contributed by atoms with Crippen molar-refractivity contribution in [1.82, 2.24) is 0 Å². The molecule has 160 valence electrons. The molecule has 2 rings (SSSR count). The second-order valence-electron chi connectivity index (χ2n) is 5.65. The maximum Gasteiger partial charge on any atom is 0.342 e. The van der Waals surface area contributed by atoms with Crippen LogP contribution < -0.4 is 24.3 Å². The van der Waals surface area contributed by atoms with E-state index < -0.39 is 23.4 Å². The predicted molar refractivity (Wildman–Crippen MR) is 105 cm³/mol. The van der Waals surface area contributed by atoms with Crippen molar-refractivity contribution in [2.24, 2.45) is 0 Å². The molecule has 0 saturated heterocycles. The number of methoxy groups -OCH3 is 4. The average Bonchev–Trinajstić information content (AvgIpc) is 2.75. The van der Waals surface area contributed by atoms with E-state index in [-0.39, 0.29) is 34.2 Å². The Morgan fingerprint density at radius 2 is 1.57 bits per heavy atom. The van der Waals surface area contributed by atoms with Gasteiger partial charge < -0.3 is 29.0 Å². The molecule has 0 unspecified atom stereocenters. The summed E-state index contributed by atoms with van der Waals surface area (Å²) in [6, 6.07) is 6.61. The lowest BCUT2D eigenvalue weighted by Gasteiger charge is -2.15. The van der Waals surface area contributed by atoms with Gasteiger partial charge in [-0.2, -0.15) is 0 Å². The molecule has 0 fully saturated rings. The quantitative estimate of drug-likeness (QED) is 0.368. The minimum atomic E-state index is -0.839. The molecule has 0 bridgehead atoms. The van der Waals surface area contributed by atoms with Gasteiger partial charge in [0, 0.05) is 12.1 Å². The van der Waals surface area contributed by atoms with Gasteiger partial charge in [0.25, 0.3) is 11.6 Å². The first-order valence-electron chi connectivity index (χ1n) is 8.44. The Hall–Kier alpha value is -4.02. The third-order valence-corrected chi connectivity index (χ3v) is 3.93. The van der Waals surface area contributed by atoms with Crippen LogP contribution in [0.2, 0.25) is 0 Å². The van der Waals surface area contributed by atoms with Gasteiger partial charge in [0.05, 0.1) is 39.0 Å². The van der Waals surface area contributed by atoms with Crippen molar-refractivity contribution < 1.29 is 38.2 Å². The number of anilines is 1. The van der Waals surface area contributed by atoms with Crippen LogP contribution in [-0.4, -0.2) is 51.8 Å². The lowest BCUT2D eigenvalue weighted by atomic mass is 10.1. The van der Waals surface area contributed by atoms with Gasteiger partial charge in [-0.25, -0.2) is 4.79 Å². The molecule has 2 aromatic carbocycles. The number of carbonyl (C=O) groups is 2. The first kappa shape index (κ1) is 22.3. The van der Waals surface area contributed by atoms with E-state index in [1.165, 1.54) is 52.7 Å². The minimum Gasteiger partial charge on any atom is -0.495 e. The molecule has 0 radical (unpaired) electrons. The minimum absolute atomic E-state index is 0.0240. The number of hydrogen-bond donors (Lipinski definition) is 1. The summed E-state index contributed by atoms with van der Waals surface area (Å²) >= 11 is 0. The lowest BCUT2D eigenvalue weighted by molar-refractivity contribution is -0.384. The Bertz CT molecular complexity index is 959. The van der Waals surface area contributed by atoms with Gasteiger partial charge in [0.15, 0.2) is 18.1 Å². The Morgan fingerprint density at radius 3 is 2.13 bits per heavy atom. The van der Waals surface area contributed by atoms with E-state index in [0.29, 0.717) is 5.75 Å². The van der Waals surface area contributed by atoms with E-state index in [1.54, 1.807) is 0 Å². The fourth-order valence-electron chi connectivity index (χ4n) is 2.56. The molecule has 1 amide bonds. The van der Waals surface area contributed by atoms with Gasteiger partial charge in [-0.1, -0.05) is 0 Å². The van der Waals surface area contributed by atoms with Crippen molar-refractivity contribution in [3.05, 3.63) is 46.0 Å². The Kier molecular flexibility index (Phi) is 7.39. The number of nitrogens with one attached hydrogen (secondary N) is 1. The highest BCUT2D eigenvalue weighted by atomic mass is 16.6. The number of nitro groups is 1. The van der Waals surface area contributed by atoms with Crippen LogP contribution in [0.3, 0.4) is 0 Å². The fourth-order valence-corrected chi connectivity index (χ4v) is 2.56. The molecule has 0 spiro atoms. The van der Waals surface area contributed by atoms with E-state index in [0.717, 1.165) is 6.07 Å². The van der Waals surface area contributed by atoms with Crippen molar-refractivity contribution in [3.63, 3.8) is 0 Å². The zero-order chi connectivity index (χ0) is 22.3. The lowest BCUT2D eigenvalue weighted by Crippen LogP contribution is -2.21. The van der Waals surface area contributed by atoms with Crippen LogP contribution in [0.4, 0.5) is 11.4 Å². The van der Waals surface area contributed by atoms with Crippen LogP contribution in [0, 0.1) is 10.1 Å². The molecule has 1 N–H and O–H groups in total. The number of benzene rings is 2. The van der Waals surface area contributed by atoms with Gasteiger partial charge in [0.1, 0.15) is 11.3 Å². The molecule has 0 aliphatic carbocycles. The third kappa shape index (κ3) is 4.87. The molecule has 0 heterocycles. The molecule has 0 aliphatic rings. The van der Waals surface area contributed by atoms with E-state index in [2.05, 4.69) is 5.32 Å². The summed E-state index contributed by atoms with van der Waals surface area (Å²) in [5.41, 5.74) is -0.148. The molecule has 0 atom stereocenters. The highest BCUT2D eigenvalue weighted by Crippen LogP contribution is 2.40. The monoisotopic (exact) mass is 420 g/mol. The average molecular weight is 420 g/mol. The van der Waals surface area contributed by atoms with Crippen LogP contribution in [0.15, 0.2) is 30.3 Å². The number of rotatable bonds is 9. The van der Waals surface area contributed by atoms with Crippen molar-refractivity contribution in [1.29, 1.82) is 0 Å². The first-order chi connectivity index (χ1) is 14.4. The second-order valence-corrected chi connectivity index (χ2v) is 5.65. The van der Waals surface area contributed by atoms with Gasteiger partial charge in [-0.15, -0.1) is 0 Å². The fraction of sp³-hybridized carbons (Fsp3) is 0.263. The highest BCUT2D eigenvalue weighted by molar-refractivity contribution is 5.98. The molecule has 11 nitrogen and oxygen atoms in total. The van der Waals surface area contributed by atoms with Gasteiger partial charge in [-0.05, 0) is 18.2 Å². The zero-order valence-corrected chi connectivity index (χ0v) is 16.7. The standard InChI is InChI=1S/C19H20N2O9/c1-26-14-7-5-11(21(24)25)9-13(14)20-16(22)10-30-19(23)12-6-8-15(27-2)18(29-4)17(12)28-3/h5-9H,10H2,1-4H3,(H,20,22). The molecule has 11 heteroatoms. The number of esters is 1. The van der Waals surface area contributed by atoms with Crippen LogP contribution in [0.25, 0.3) is 0 Å². The number of carbonyl (C=O) groups excluding carboxylic acids is 2. The predicted octanol–water partition coefficient (Wildman–Crippen LogP) is 2.42. The first-order valence-corrected chi connectivity index (χ1v) is 8.44. The summed E-state index contributed by atoms with van der Waals surface area (Å²) in [6.07, 6.45) is 0. The maximum atomic E-state index is 12.4. The van der Waals surface area contributed by atoms with Crippen molar-refractivity contribution in [3.8, 4) is 23.0 Å². The molecular weight excluding hydrogens is 400 g/mol. The van der Waals surface area contributed by atoms with Crippen LogP contribution in [-0.2, 0) is 9.53 Å². The number of amides is 1. The Morgan fingerprint density at radius 1 is 0.933 bits per heavy atom. The second kappa shape index (κ2) is 9.96. The largest absolute Gasteiger partial charge is 0.495 e. The highest BCUT2D eigenvalue weighted by Gasteiger charge is 2.22. The van der Waals surface area contributed by atoms with Crippen molar-refractivity contribution in [2.45, 2.75) is 0 Å². The topological polar surface area (TPSA) is 135 Å². The van der Waals surface area contributed by atoms with Crippen LogP contribution in [0.1, 0.15) is 10.4 Å². The Balaban J connectivity index is 2.13. The van der Waals surface area contributed by atoms with E-state index in [1.807, 2.05) is 0 Å². The van der Waals surface area contributed by atoms with Crippen molar-refractivity contribution in [2.75, 3.05) is 40.4 Å². The number of nitro benzene ring substituents is 1. The van der Waals surface area contributed by atoms with Gasteiger partial charge in [-0.3, -0.25) is 14.9 Å². The summed E-state index contributed by atoms with van der Waals surface area (Å²) in [5, 5.41) is 13.3. The molecule has 0 aliphatic heterocycles. The summed E-state index contributed by atoms with van der Waals surface area (Å²) in [5.74, 6) is -0.721. The SMILES string of the molecule is COc1ccc([N+](=O)[O-])cc1NC(=O)COC(=O)c1ccc(OC)c(OC)c1OC.